The van der Waals surface area contributed by atoms with Gasteiger partial charge in [-0.05, 0) is 44.9 Å². The molecular formula is C17H20N4OS. The summed E-state index contributed by atoms with van der Waals surface area (Å²) < 4.78 is 0. The van der Waals surface area contributed by atoms with E-state index in [1.54, 1.807) is 0 Å². The molecule has 0 aliphatic carbocycles. The summed E-state index contributed by atoms with van der Waals surface area (Å²) in [7, 11) is 0. The van der Waals surface area contributed by atoms with Gasteiger partial charge in [-0.25, -0.2) is 4.98 Å². The lowest BCUT2D eigenvalue weighted by Crippen LogP contribution is -2.49. The lowest BCUT2D eigenvalue weighted by molar-refractivity contribution is -0.116. The van der Waals surface area contributed by atoms with Gasteiger partial charge in [-0.3, -0.25) is 9.89 Å². The number of nitrogens with zero attached hydrogens (tertiary/aromatic N) is 3. The smallest absolute Gasteiger partial charge is 0.238 e. The van der Waals surface area contributed by atoms with Gasteiger partial charge in [-0.1, -0.05) is 30.0 Å². The quantitative estimate of drug-likeness (QED) is 0.877. The molecule has 1 aromatic carbocycles. The van der Waals surface area contributed by atoms with E-state index < -0.39 is 0 Å². The van der Waals surface area contributed by atoms with Crippen LogP contribution in [-0.4, -0.2) is 32.4 Å². The average molecular weight is 328 g/mol. The average Bonchev–Trinajstić information content (AvgIpc) is 2.97. The molecule has 5 nitrogen and oxygen atoms in total. The van der Waals surface area contributed by atoms with Gasteiger partial charge in [0.1, 0.15) is 6.33 Å². The summed E-state index contributed by atoms with van der Waals surface area (Å²) in [5, 5.41) is 7.23. The van der Waals surface area contributed by atoms with Gasteiger partial charge >= 0.3 is 0 Å². The van der Waals surface area contributed by atoms with Crippen LogP contribution in [0.1, 0.15) is 31.9 Å². The first kappa shape index (κ1) is 15.8. The summed E-state index contributed by atoms with van der Waals surface area (Å²) in [6, 6.07) is 6.26. The molecule has 1 amide bonds. The van der Waals surface area contributed by atoms with E-state index in [-0.39, 0.29) is 11.4 Å². The molecule has 0 fully saturated rings. The molecule has 2 heterocycles. The zero-order valence-electron chi connectivity index (χ0n) is 13.8. The Bertz CT molecular complexity index is 765. The molecule has 6 heteroatoms. The van der Waals surface area contributed by atoms with Crippen LogP contribution in [0, 0.1) is 6.92 Å². The topological polar surface area (TPSA) is 61.9 Å². The highest BCUT2D eigenvalue weighted by atomic mass is 32.2. The molecular weight excluding hydrogens is 308 g/mol. The fourth-order valence-corrected chi connectivity index (χ4v) is 3.69. The minimum atomic E-state index is -0.357. The Morgan fingerprint density at radius 1 is 1.35 bits per heavy atom. The molecule has 0 spiro atoms. The van der Waals surface area contributed by atoms with E-state index >= 15 is 0 Å². The number of carbonyl (C=O) groups excluding carboxylic acids is 1. The number of nitrogens with one attached hydrogen (secondary N) is 1. The molecule has 120 valence electrons. The Labute approximate surface area is 140 Å². The molecule has 1 aliphatic rings. The number of hydrogen-bond acceptors (Lipinski definition) is 4. The van der Waals surface area contributed by atoms with Crippen LogP contribution in [0.15, 0.2) is 35.8 Å². The molecule has 1 aliphatic heterocycles. The highest BCUT2D eigenvalue weighted by Crippen LogP contribution is 2.39. The number of fused-ring (bicyclic) bond motifs is 1. The predicted octanol–water partition coefficient (Wildman–Crippen LogP) is 3.43. The van der Waals surface area contributed by atoms with Crippen LogP contribution < -0.4 is 4.90 Å². The fourth-order valence-electron chi connectivity index (χ4n) is 3.06. The van der Waals surface area contributed by atoms with Crippen molar-refractivity contribution in [2.45, 2.75) is 38.4 Å². The fraction of sp³-hybridized carbons (Fsp3) is 0.353. The second-order valence-corrected chi connectivity index (χ2v) is 7.27. The number of aromatic nitrogens is 3. The Morgan fingerprint density at radius 2 is 2.13 bits per heavy atom. The summed E-state index contributed by atoms with van der Waals surface area (Å²) in [6.07, 6.45) is 3.60. The van der Waals surface area contributed by atoms with Gasteiger partial charge in [0.15, 0.2) is 5.16 Å². The summed E-state index contributed by atoms with van der Waals surface area (Å²) in [5.41, 5.74) is 4.10. The van der Waals surface area contributed by atoms with Crippen LogP contribution in [0.2, 0.25) is 0 Å². The van der Waals surface area contributed by atoms with Crippen molar-refractivity contribution in [2.24, 2.45) is 0 Å². The number of amides is 1. The van der Waals surface area contributed by atoms with E-state index in [2.05, 4.69) is 60.2 Å². The lowest BCUT2D eigenvalue weighted by atomic mass is 9.88. The van der Waals surface area contributed by atoms with Gasteiger partial charge < -0.3 is 4.90 Å². The predicted molar refractivity (Wildman–Crippen MR) is 93.5 cm³/mol. The highest BCUT2D eigenvalue weighted by molar-refractivity contribution is 7.99. The Morgan fingerprint density at radius 3 is 2.83 bits per heavy atom. The molecule has 0 saturated heterocycles. The van der Waals surface area contributed by atoms with Crippen molar-refractivity contribution in [2.75, 3.05) is 10.7 Å². The zero-order chi connectivity index (χ0) is 16.6. The number of aromatic amines is 1. The van der Waals surface area contributed by atoms with Crippen LogP contribution >= 0.6 is 11.8 Å². The van der Waals surface area contributed by atoms with E-state index in [0.29, 0.717) is 10.9 Å². The van der Waals surface area contributed by atoms with Gasteiger partial charge in [0.2, 0.25) is 5.91 Å². The van der Waals surface area contributed by atoms with E-state index in [1.165, 1.54) is 23.7 Å². The van der Waals surface area contributed by atoms with Crippen molar-refractivity contribution in [3.63, 3.8) is 0 Å². The molecule has 1 aromatic heterocycles. The largest absolute Gasteiger partial charge is 0.302 e. The monoisotopic (exact) mass is 328 g/mol. The molecule has 3 rings (SSSR count). The van der Waals surface area contributed by atoms with Crippen molar-refractivity contribution in [3.05, 3.63) is 41.7 Å². The number of aryl methyl sites for hydroxylation is 1. The normalized spacial score (nSPS) is 16.0. The molecule has 0 atom stereocenters. The number of allylic oxidation sites excluding steroid dienone is 1. The van der Waals surface area contributed by atoms with E-state index in [4.69, 9.17) is 0 Å². The Hall–Kier alpha value is -2.08. The summed E-state index contributed by atoms with van der Waals surface area (Å²) >= 11 is 1.37. The molecule has 0 bridgehead atoms. The molecule has 0 unspecified atom stereocenters. The second-order valence-electron chi connectivity index (χ2n) is 6.31. The maximum Gasteiger partial charge on any atom is 0.238 e. The molecule has 23 heavy (non-hydrogen) atoms. The number of H-pyrrole nitrogens is 1. The number of thioether (sulfide) groups is 1. The molecule has 1 N–H and O–H groups in total. The van der Waals surface area contributed by atoms with Crippen molar-refractivity contribution in [3.8, 4) is 0 Å². The highest BCUT2D eigenvalue weighted by Gasteiger charge is 2.35. The SMILES string of the molecule is CC1=CC(C)(C)N(C(=O)CSc2ncn[nH]2)c2cc(C)ccc21. The lowest BCUT2D eigenvalue weighted by Gasteiger charge is -2.41. The van der Waals surface area contributed by atoms with Crippen LogP contribution in [-0.2, 0) is 4.79 Å². The third-order valence-electron chi connectivity index (χ3n) is 3.94. The van der Waals surface area contributed by atoms with Crippen molar-refractivity contribution in [1.82, 2.24) is 15.2 Å². The Kier molecular flexibility index (Phi) is 4.02. The van der Waals surface area contributed by atoms with Crippen LogP contribution in [0.25, 0.3) is 5.57 Å². The van der Waals surface area contributed by atoms with Gasteiger partial charge in [0.25, 0.3) is 0 Å². The molecule has 0 radical (unpaired) electrons. The first-order chi connectivity index (χ1) is 10.9. The van der Waals surface area contributed by atoms with Crippen LogP contribution in [0.5, 0.6) is 0 Å². The standard InChI is InChI=1S/C17H20N4OS/c1-11-5-6-13-12(2)8-17(3,4)21(14(13)7-11)15(22)9-23-16-18-10-19-20-16/h5-8,10H,9H2,1-4H3,(H,18,19,20). The van der Waals surface area contributed by atoms with Gasteiger partial charge in [-0.15, -0.1) is 0 Å². The maximum absolute atomic E-state index is 12.9. The first-order valence-corrected chi connectivity index (χ1v) is 8.49. The number of anilines is 1. The second kappa shape index (κ2) is 5.85. The molecule has 2 aromatic rings. The number of carbonyl (C=O) groups is 1. The van der Waals surface area contributed by atoms with Crippen molar-refractivity contribution < 1.29 is 4.79 Å². The minimum absolute atomic E-state index is 0.0620. The van der Waals surface area contributed by atoms with E-state index in [1.807, 2.05) is 11.8 Å². The first-order valence-electron chi connectivity index (χ1n) is 7.50. The van der Waals surface area contributed by atoms with Gasteiger partial charge in [0, 0.05) is 5.56 Å². The number of hydrogen-bond donors (Lipinski definition) is 1. The van der Waals surface area contributed by atoms with Crippen LogP contribution in [0.4, 0.5) is 5.69 Å². The van der Waals surface area contributed by atoms with Crippen molar-refractivity contribution >= 4 is 28.9 Å². The third-order valence-corrected chi connectivity index (χ3v) is 4.80. The number of rotatable bonds is 3. The molecule has 0 saturated carbocycles. The maximum atomic E-state index is 12.9. The third kappa shape index (κ3) is 3.03. The minimum Gasteiger partial charge on any atom is -0.302 e. The summed E-state index contributed by atoms with van der Waals surface area (Å²) in [6.45, 7) is 8.28. The van der Waals surface area contributed by atoms with Crippen molar-refractivity contribution in [1.29, 1.82) is 0 Å². The van der Waals surface area contributed by atoms with E-state index in [0.717, 1.165) is 16.8 Å². The summed E-state index contributed by atoms with van der Waals surface area (Å²) in [5.74, 6) is 0.380. The van der Waals surface area contributed by atoms with Crippen LogP contribution in [0.3, 0.4) is 0 Å². The number of benzene rings is 1. The van der Waals surface area contributed by atoms with E-state index in [9.17, 15) is 4.79 Å². The zero-order valence-corrected chi connectivity index (χ0v) is 14.6. The van der Waals surface area contributed by atoms with Gasteiger partial charge in [0.05, 0.1) is 17.0 Å². The Balaban J connectivity index is 1.93. The van der Waals surface area contributed by atoms with Gasteiger partial charge in [-0.2, -0.15) is 5.10 Å². The summed E-state index contributed by atoms with van der Waals surface area (Å²) in [4.78, 5) is 18.9.